The van der Waals surface area contributed by atoms with Crippen LogP contribution < -0.4 is 0 Å². The lowest BCUT2D eigenvalue weighted by atomic mass is 10.1. The second-order valence-corrected chi connectivity index (χ2v) is 3.62. The number of halogens is 2. The van der Waals surface area contributed by atoms with Crippen molar-refractivity contribution in [2.45, 2.75) is 12.8 Å². The van der Waals surface area contributed by atoms with Crippen molar-refractivity contribution in [1.29, 1.82) is 5.26 Å². The smallest absolute Gasteiger partial charge is 0.0625 e. The highest BCUT2D eigenvalue weighted by Crippen LogP contribution is 2.25. The van der Waals surface area contributed by atoms with Crippen molar-refractivity contribution in [3.63, 3.8) is 0 Å². The fraction of sp³-hybridized carbons (Fsp3) is 0.222. The zero-order valence-electron chi connectivity index (χ0n) is 6.35. The number of nitriles is 1. The summed E-state index contributed by atoms with van der Waals surface area (Å²) in [4.78, 5) is 0. The molecule has 0 saturated carbocycles. The fourth-order valence-electron chi connectivity index (χ4n) is 0.952. The molecule has 0 spiro atoms. The van der Waals surface area contributed by atoms with E-state index in [4.69, 9.17) is 16.9 Å². The molecular weight excluding hydrogens is 237 g/mol. The van der Waals surface area contributed by atoms with Crippen molar-refractivity contribution >= 4 is 27.5 Å². The fourth-order valence-corrected chi connectivity index (χ4v) is 1.90. The topological polar surface area (TPSA) is 23.8 Å². The highest BCUT2D eigenvalue weighted by molar-refractivity contribution is 9.10. The second kappa shape index (κ2) is 4.49. The molecule has 0 heterocycles. The summed E-state index contributed by atoms with van der Waals surface area (Å²) in [5.41, 5.74) is 1.01. The van der Waals surface area contributed by atoms with Crippen LogP contribution in [0.2, 0.25) is 5.02 Å². The maximum Gasteiger partial charge on any atom is 0.0625 e. The van der Waals surface area contributed by atoms with Gasteiger partial charge >= 0.3 is 0 Å². The van der Waals surface area contributed by atoms with Crippen molar-refractivity contribution in [3.8, 4) is 6.07 Å². The largest absolute Gasteiger partial charge is 0.198 e. The molecule has 0 amide bonds. The monoisotopic (exact) mass is 243 g/mol. The Morgan fingerprint density at radius 3 is 2.83 bits per heavy atom. The molecule has 0 aliphatic carbocycles. The molecule has 1 aromatic rings. The zero-order valence-corrected chi connectivity index (χ0v) is 8.69. The maximum atomic E-state index is 8.40. The van der Waals surface area contributed by atoms with Gasteiger partial charge in [0, 0.05) is 15.9 Å². The van der Waals surface area contributed by atoms with Gasteiger partial charge in [-0.25, -0.2) is 0 Å². The Hall–Kier alpha value is -0.520. The van der Waals surface area contributed by atoms with Gasteiger partial charge in [0.05, 0.1) is 6.07 Å². The molecule has 0 fully saturated rings. The number of hydrogen-bond acceptors (Lipinski definition) is 1. The number of nitrogens with zero attached hydrogens (tertiary/aromatic N) is 1. The SMILES string of the molecule is N#CCCc1c(Cl)cccc1Br. The standard InChI is InChI=1S/C9H7BrClN/c10-8-4-1-5-9(11)7(8)3-2-6-12/h1,4-5H,2-3H2. The molecule has 0 saturated heterocycles. The highest BCUT2D eigenvalue weighted by atomic mass is 79.9. The first kappa shape index (κ1) is 9.57. The quantitative estimate of drug-likeness (QED) is 0.780. The van der Waals surface area contributed by atoms with Crippen LogP contribution in [0, 0.1) is 11.3 Å². The van der Waals surface area contributed by atoms with Crippen molar-refractivity contribution in [1.82, 2.24) is 0 Å². The molecular formula is C9H7BrClN. The van der Waals surface area contributed by atoms with E-state index in [-0.39, 0.29) is 0 Å². The molecule has 0 radical (unpaired) electrons. The molecule has 0 aliphatic heterocycles. The summed E-state index contributed by atoms with van der Waals surface area (Å²) in [7, 11) is 0. The van der Waals surface area contributed by atoms with Gasteiger partial charge in [-0.1, -0.05) is 33.6 Å². The molecule has 0 bridgehead atoms. The van der Waals surface area contributed by atoms with E-state index in [9.17, 15) is 0 Å². The van der Waals surface area contributed by atoms with Gasteiger partial charge in [-0.3, -0.25) is 0 Å². The average molecular weight is 245 g/mol. The Morgan fingerprint density at radius 1 is 1.50 bits per heavy atom. The van der Waals surface area contributed by atoms with Gasteiger partial charge < -0.3 is 0 Å². The van der Waals surface area contributed by atoms with Gasteiger partial charge in [-0.15, -0.1) is 0 Å². The van der Waals surface area contributed by atoms with E-state index in [1.165, 1.54) is 0 Å². The zero-order chi connectivity index (χ0) is 8.97. The molecule has 0 aliphatic rings. The third kappa shape index (κ3) is 2.23. The summed E-state index contributed by atoms with van der Waals surface area (Å²) in [5, 5.41) is 9.12. The number of hydrogen-bond donors (Lipinski definition) is 0. The molecule has 62 valence electrons. The summed E-state index contributed by atoms with van der Waals surface area (Å²) >= 11 is 9.31. The molecule has 0 unspecified atom stereocenters. The summed E-state index contributed by atoms with van der Waals surface area (Å²) in [6.45, 7) is 0. The van der Waals surface area contributed by atoms with Gasteiger partial charge in [0.25, 0.3) is 0 Å². The van der Waals surface area contributed by atoms with Crippen LogP contribution in [0.3, 0.4) is 0 Å². The Bertz CT molecular complexity index is 297. The first-order valence-electron chi connectivity index (χ1n) is 3.55. The van der Waals surface area contributed by atoms with Crippen LogP contribution in [0.1, 0.15) is 12.0 Å². The Labute approximate surface area is 85.1 Å². The summed E-state index contributed by atoms with van der Waals surface area (Å²) in [6.07, 6.45) is 1.21. The molecule has 12 heavy (non-hydrogen) atoms. The predicted octanol–water partition coefficient (Wildman–Crippen LogP) is 3.56. The summed E-state index contributed by atoms with van der Waals surface area (Å²) in [6, 6.07) is 7.73. The van der Waals surface area contributed by atoms with Crippen molar-refractivity contribution in [2.75, 3.05) is 0 Å². The maximum absolute atomic E-state index is 8.40. The lowest BCUT2D eigenvalue weighted by Gasteiger charge is -2.03. The summed E-state index contributed by atoms with van der Waals surface area (Å²) in [5.74, 6) is 0. The van der Waals surface area contributed by atoms with Gasteiger partial charge in [-0.2, -0.15) is 5.26 Å². The predicted molar refractivity (Wildman–Crippen MR) is 53.1 cm³/mol. The molecule has 1 nitrogen and oxygen atoms in total. The van der Waals surface area contributed by atoms with Crippen LogP contribution in [0.15, 0.2) is 22.7 Å². The minimum atomic E-state index is 0.502. The van der Waals surface area contributed by atoms with E-state index in [1.807, 2.05) is 18.2 Å². The van der Waals surface area contributed by atoms with Crippen molar-refractivity contribution in [2.24, 2.45) is 0 Å². The molecule has 3 heteroatoms. The van der Waals surface area contributed by atoms with E-state index < -0.39 is 0 Å². The van der Waals surface area contributed by atoms with Crippen LogP contribution in [-0.2, 0) is 6.42 Å². The van der Waals surface area contributed by atoms with Crippen LogP contribution in [0.4, 0.5) is 0 Å². The molecule has 0 N–H and O–H groups in total. The van der Waals surface area contributed by atoms with Crippen LogP contribution >= 0.6 is 27.5 Å². The van der Waals surface area contributed by atoms with Crippen molar-refractivity contribution < 1.29 is 0 Å². The average Bonchev–Trinajstić information content (AvgIpc) is 2.04. The third-order valence-corrected chi connectivity index (χ3v) is 2.65. The van der Waals surface area contributed by atoms with Gasteiger partial charge in [0.1, 0.15) is 0 Å². The van der Waals surface area contributed by atoms with E-state index in [0.717, 1.165) is 15.1 Å². The molecule has 0 atom stereocenters. The van der Waals surface area contributed by atoms with E-state index >= 15 is 0 Å². The van der Waals surface area contributed by atoms with Crippen LogP contribution in [0.5, 0.6) is 0 Å². The third-order valence-electron chi connectivity index (χ3n) is 1.55. The molecule has 1 rings (SSSR count). The van der Waals surface area contributed by atoms with Gasteiger partial charge in [-0.05, 0) is 24.1 Å². The van der Waals surface area contributed by atoms with E-state index in [2.05, 4.69) is 22.0 Å². The summed E-state index contributed by atoms with van der Waals surface area (Å²) < 4.78 is 0.977. The first-order valence-corrected chi connectivity index (χ1v) is 4.72. The highest BCUT2D eigenvalue weighted by Gasteiger charge is 2.03. The molecule has 0 aromatic heterocycles. The Morgan fingerprint density at radius 2 is 2.25 bits per heavy atom. The number of rotatable bonds is 2. The van der Waals surface area contributed by atoms with Gasteiger partial charge in [0.2, 0.25) is 0 Å². The minimum absolute atomic E-state index is 0.502. The lowest BCUT2D eigenvalue weighted by Crippen LogP contribution is -1.86. The first-order chi connectivity index (χ1) is 5.75. The van der Waals surface area contributed by atoms with E-state index in [0.29, 0.717) is 12.8 Å². The normalized spacial score (nSPS) is 9.42. The lowest BCUT2D eigenvalue weighted by molar-refractivity contribution is 1.00. The Balaban J connectivity index is 2.90. The van der Waals surface area contributed by atoms with Gasteiger partial charge in [0.15, 0.2) is 0 Å². The van der Waals surface area contributed by atoms with Crippen molar-refractivity contribution in [3.05, 3.63) is 33.3 Å². The van der Waals surface area contributed by atoms with E-state index in [1.54, 1.807) is 0 Å². The number of benzene rings is 1. The Kier molecular flexibility index (Phi) is 3.58. The molecule has 1 aromatic carbocycles. The van der Waals surface area contributed by atoms with Crippen LogP contribution in [0.25, 0.3) is 0 Å². The second-order valence-electron chi connectivity index (χ2n) is 2.36. The van der Waals surface area contributed by atoms with Crippen LogP contribution in [-0.4, -0.2) is 0 Å². The minimum Gasteiger partial charge on any atom is -0.198 e.